The van der Waals surface area contributed by atoms with Gasteiger partial charge in [0.15, 0.2) is 5.69 Å². The van der Waals surface area contributed by atoms with E-state index in [1.165, 1.54) is 6.07 Å². The van der Waals surface area contributed by atoms with Gasteiger partial charge >= 0.3 is 0 Å². The van der Waals surface area contributed by atoms with Gasteiger partial charge in [0, 0.05) is 13.3 Å². The van der Waals surface area contributed by atoms with E-state index in [4.69, 9.17) is 9.26 Å². The largest absolute Gasteiger partial charge is 0.505 e. The molecule has 1 atom stereocenters. The van der Waals surface area contributed by atoms with Crippen molar-refractivity contribution in [3.63, 3.8) is 0 Å². The fraction of sp³-hybridized carbons (Fsp3) is 0.364. The van der Waals surface area contributed by atoms with Crippen molar-refractivity contribution in [2.24, 2.45) is 0 Å². The maximum atomic E-state index is 9.60. The zero-order valence-electron chi connectivity index (χ0n) is 9.62. The first-order chi connectivity index (χ1) is 8.26. The SMILES string of the molecule is CCC(OC)c1noc(-c2ncccc2O)n1. The van der Waals surface area contributed by atoms with E-state index in [0.29, 0.717) is 5.82 Å². The van der Waals surface area contributed by atoms with Gasteiger partial charge in [0.25, 0.3) is 5.89 Å². The summed E-state index contributed by atoms with van der Waals surface area (Å²) < 4.78 is 10.2. The van der Waals surface area contributed by atoms with Crippen LogP contribution < -0.4 is 0 Å². The summed E-state index contributed by atoms with van der Waals surface area (Å²) in [6.07, 6.45) is 2.08. The molecule has 2 aromatic rings. The van der Waals surface area contributed by atoms with Crippen LogP contribution in [0.2, 0.25) is 0 Å². The predicted octanol–water partition coefficient (Wildman–Crippen LogP) is 1.93. The summed E-state index contributed by atoms with van der Waals surface area (Å²) in [5.41, 5.74) is 0.275. The van der Waals surface area contributed by atoms with Crippen molar-refractivity contribution in [3.05, 3.63) is 24.2 Å². The van der Waals surface area contributed by atoms with Gasteiger partial charge in [-0.3, -0.25) is 0 Å². The minimum atomic E-state index is -0.210. The van der Waals surface area contributed by atoms with Gasteiger partial charge in [-0.1, -0.05) is 12.1 Å². The van der Waals surface area contributed by atoms with E-state index in [1.807, 2.05) is 6.92 Å². The van der Waals surface area contributed by atoms with Crippen LogP contribution in [-0.2, 0) is 4.74 Å². The van der Waals surface area contributed by atoms with E-state index in [0.717, 1.165) is 6.42 Å². The number of pyridine rings is 1. The highest BCUT2D eigenvalue weighted by Gasteiger charge is 2.19. The number of rotatable bonds is 4. The minimum absolute atomic E-state index is 0.00756. The summed E-state index contributed by atoms with van der Waals surface area (Å²) in [4.78, 5) is 8.14. The lowest BCUT2D eigenvalue weighted by Crippen LogP contribution is -2.01. The third kappa shape index (κ3) is 2.26. The molecule has 6 nitrogen and oxygen atoms in total. The fourth-order valence-electron chi connectivity index (χ4n) is 1.48. The summed E-state index contributed by atoms with van der Waals surface area (Å²) >= 11 is 0. The van der Waals surface area contributed by atoms with Crippen LogP contribution in [0.1, 0.15) is 25.3 Å². The molecule has 0 aliphatic heterocycles. The molecule has 0 amide bonds. The van der Waals surface area contributed by atoms with Gasteiger partial charge in [-0.15, -0.1) is 0 Å². The minimum Gasteiger partial charge on any atom is -0.505 e. The molecule has 0 fully saturated rings. The van der Waals surface area contributed by atoms with Gasteiger partial charge in [0.2, 0.25) is 5.82 Å². The number of aromatic hydroxyl groups is 1. The zero-order chi connectivity index (χ0) is 12.3. The maximum Gasteiger partial charge on any atom is 0.280 e. The van der Waals surface area contributed by atoms with Gasteiger partial charge in [0.1, 0.15) is 11.9 Å². The van der Waals surface area contributed by atoms with E-state index < -0.39 is 0 Å². The summed E-state index contributed by atoms with van der Waals surface area (Å²) in [5.74, 6) is 0.650. The summed E-state index contributed by atoms with van der Waals surface area (Å²) in [6.45, 7) is 1.96. The highest BCUT2D eigenvalue weighted by molar-refractivity contribution is 5.55. The van der Waals surface area contributed by atoms with E-state index in [2.05, 4.69) is 15.1 Å². The quantitative estimate of drug-likeness (QED) is 0.872. The monoisotopic (exact) mass is 235 g/mol. The predicted molar refractivity (Wildman–Crippen MR) is 59.2 cm³/mol. The van der Waals surface area contributed by atoms with Crippen molar-refractivity contribution < 1.29 is 14.4 Å². The van der Waals surface area contributed by atoms with Gasteiger partial charge in [-0.05, 0) is 18.6 Å². The lowest BCUT2D eigenvalue weighted by atomic mass is 10.2. The van der Waals surface area contributed by atoms with Crippen molar-refractivity contribution in [1.29, 1.82) is 0 Å². The third-order valence-electron chi connectivity index (χ3n) is 2.37. The Hall–Kier alpha value is -1.95. The number of ether oxygens (including phenoxy) is 1. The Morgan fingerprint density at radius 2 is 2.35 bits per heavy atom. The highest BCUT2D eigenvalue weighted by atomic mass is 16.5. The number of aromatic nitrogens is 3. The van der Waals surface area contributed by atoms with Gasteiger partial charge in [-0.2, -0.15) is 4.98 Å². The summed E-state index contributed by atoms with van der Waals surface area (Å²) in [7, 11) is 1.59. The van der Waals surface area contributed by atoms with Crippen molar-refractivity contribution in [2.75, 3.05) is 7.11 Å². The van der Waals surface area contributed by atoms with E-state index in [-0.39, 0.29) is 23.4 Å². The standard InChI is InChI=1S/C11H13N3O3/c1-3-8(16-2)10-13-11(17-14-10)9-7(15)5-4-6-12-9/h4-6,8,15H,3H2,1-2H3. The first-order valence-electron chi connectivity index (χ1n) is 5.27. The summed E-state index contributed by atoms with van der Waals surface area (Å²) in [5, 5.41) is 13.4. The van der Waals surface area contributed by atoms with Gasteiger partial charge in [-0.25, -0.2) is 4.98 Å². The molecular formula is C11H13N3O3. The van der Waals surface area contributed by atoms with Gasteiger partial charge in [0.05, 0.1) is 0 Å². The average molecular weight is 235 g/mol. The Morgan fingerprint density at radius 3 is 3.00 bits per heavy atom. The van der Waals surface area contributed by atoms with Crippen LogP contribution >= 0.6 is 0 Å². The molecule has 90 valence electrons. The maximum absolute atomic E-state index is 9.60. The normalized spacial score (nSPS) is 12.6. The molecule has 17 heavy (non-hydrogen) atoms. The average Bonchev–Trinajstić information content (AvgIpc) is 2.81. The van der Waals surface area contributed by atoms with Crippen LogP contribution in [0.15, 0.2) is 22.9 Å². The van der Waals surface area contributed by atoms with Crippen molar-refractivity contribution in [1.82, 2.24) is 15.1 Å². The molecule has 1 unspecified atom stereocenters. The Bertz CT molecular complexity index is 494. The second-order valence-corrected chi connectivity index (χ2v) is 3.46. The van der Waals surface area contributed by atoms with Crippen molar-refractivity contribution in [2.45, 2.75) is 19.4 Å². The molecule has 0 saturated heterocycles. The van der Waals surface area contributed by atoms with Crippen LogP contribution in [0.4, 0.5) is 0 Å². The fourth-order valence-corrected chi connectivity index (χ4v) is 1.48. The molecular weight excluding hydrogens is 222 g/mol. The molecule has 2 rings (SSSR count). The van der Waals surface area contributed by atoms with Crippen LogP contribution in [0.5, 0.6) is 5.75 Å². The van der Waals surface area contributed by atoms with Crippen LogP contribution in [0.25, 0.3) is 11.6 Å². The molecule has 0 radical (unpaired) electrons. The Kier molecular flexibility index (Phi) is 3.34. The first kappa shape index (κ1) is 11.5. The van der Waals surface area contributed by atoms with Gasteiger partial charge < -0.3 is 14.4 Å². The second-order valence-electron chi connectivity index (χ2n) is 3.46. The van der Waals surface area contributed by atoms with E-state index in [1.54, 1.807) is 19.4 Å². The second kappa shape index (κ2) is 4.92. The van der Waals surface area contributed by atoms with Crippen LogP contribution in [-0.4, -0.2) is 27.3 Å². The molecule has 0 aromatic carbocycles. The van der Waals surface area contributed by atoms with Crippen LogP contribution in [0, 0.1) is 0 Å². The molecule has 0 spiro atoms. The molecule has 0 aliphatic rings. The molecule has 1 N–H and O–H groups in total. The topological polar surface area (TPSA) is 81.3 Å². The molecule has 6 heteroatoms. The summed E-state index contributed by atoms with van der Waals surface area (Å²) in [6, 6.07) is 3.14. The Morgan fingerprint density at radius 1 is 1.53 bits per heavy atom. The lowest BCUT2D eigenvalue weighted by Gasteiger charge is -2.05. The van der Waals surface area contributed by atoms with E-state index in [9.17, 15) is 5.11 Å². The molecule has 2 heterocycles. The molecule has 2 aromatic heterocycles. The number of methoxy groups -OCH3 is 1. The van der Waals surface area contributed by atoms with Crippen molar-refractivity contribution >= 4 is 0 Å². The lowest BCUT2D eigenvalue weighted by molar-refractivity contribution is 0.0903. The van der Waals surface area contributed by atoms with Crippen molar-refractivity contribution in [3.8, 4) is 17.3 Å². The first-order valence-corrected chi connectivity index (χ1v) is 5.27. The van der Waals surface area contributed by atoms with Crippen LogP contribution in [0.3, 0.4) is 0 Å². The third-order valence-corrected chi connectivity index (χ3v) is 2.37. The Balaban J connectivity index is 2.33. The molecule has 0 saturated carbocycles. The highest BCUT2D eigenvalue weighted by Crippen LogP contribution is 2.26. The number of nitrogens with zero attached hydrogens (tertiary/aromatic N) is 3. The zero-order valence-corrected chi connectivity index (χ0v) is 9.62. The number of hydrogen-bond donors (Lipinski definition) is 1. The number of hydrogen-bond acceptors (Lipinski definition) is 6. The molecule has 0 aliphatic carbocycles. The Labute approximate surface area is 98.3 Å². The smallest absolute Gasteiger partial charge is 0.280 e. The molecule has 0 bridgehead atoms. The van der Waals surface area contributed by atoms with E-state index >= 15 is 0 Å².